The summed E-state index contributed by atoms with van der Waals surface area (Å²) in [5.74, 6) is -0.310. The fourth-order valence-electron chi connectivity index (χ4n) is 2.61. The van der Waals surface area contributed by atoms with Gasteiger partial charge < -0.3 is 9.84 Å². The van der Waals surface area contributed by atoms with Crippen molar-refractivity contribution in [2.24, 2.45) is 5.92 Å². The lowest BCUT2D eigenvalue weighted by molar-refractivity contribution is 0.0780. The predicted molar refractivity (Wildman–Crippen MR) is 64.4 cm³/mol. The molecule has 2 nitrogen and oxygen atoms in total. The van der Waals surface area contributed by atoms with Crippen molar-refractivity contribution in [1.29, 1.82) is 0 Å². The molecule has 0 aromatic heterocycles. The standard InChI is InChI=1S/C14H19FO2/c1-8-4-9(2)13(12(15)5-8)14(16)11-6-10(3)17-7-11/h4-5,10-11,14,16H,6-7H2,1-3H3. The van der Waals surface area contributed by atoms with E-state index >= 15 is 0 Å². The zero-order valence-corrected chi connectivity index (χ0v) is 10.5. The second kappa shape index (κ2) is 4.75. The molecule has 94 valence electrons. The van der Waals surface area contributed by atoms with Gasteiger partial charge in [-0.05, 0) is 44.4 Å². The van der Waals surface area contributed by atoms with E-state index in [-0.39, 0.29) is 17.8 Å². The van der Waals surface area contributed by atoms with Gasteiger partial charge >= 0.3 is 0 Å². The molecular weight excluding hydrogens is 219 g/mol. The molecule has 0 spiro atoms. The topological polar surface area (TPSA) is 29.5 Å². The van der Waals surface area contributed by atoms with E-state index in [0.717, 1.165) is 17.5 Å². The number of hydrogen-bond donors (Lipinski definition) is 1. The monoisotopic (exact) mass is 238 g/mol. The lowest BCUT2D eigenvalue weighted by Gasteiger charge is -2.20. The third-order valence-corrected chi connectivity index (χ3v) is 3.45. The molecule has 17 heavy (non-hydrogen) atoms. The minimum Gasteiger partial charge on any atom is -0.388 e. The van der Waals surface area contributed by atoms with Gasteiger partial charge in [-0.25, -0.2) is 4.39 Å². The number of aryl methyl sites for hydroxylation is 2. The number of halogens is 1. The summed E-state index contributed by atoms with van der Waals surface area (Å²) >= 11 is 0. The Morgan fingerprint density at radius 2 is 2.12 bits per heavy atom. The van der Waals surface area contributed by atoms with Gasteiger partial charge in [0.25, 0.3) is 0 Å². The highest BCUT2D eigenvalue weighted by atomic mass is 19.1. The lowest BCUT2D eigenvalue weighted by atomic mass is 9.90. The van der Waals surface area contributed by atoms with Crippen LogP contribution < -0.4 is 0 Å². The van der Waals surface area contributed by atoms with Gasteiger partial charge in [-0.1, -0.05) is 6.07 Å². The fraction of sp³-hybridized carbons (Fsp3) is 0.571. The Morgan fingerprint density at radius 3 is 2.65 bits per heavy atom. The Balaban J connectivity index is 2.27. The van der Waals surface area contributed by atoms with Crippen molar-refractivity contribution >= 4 is 0 Å². The minimum atomic E-state index is -0.763. The third kappa shape index (κ3) is 2.50. The number of rotatable bonds is 2. The van der Waals surface area contributed by atoms with E-state index in [1.54, 1.807) is 0 Å². The normalized spacial score (nSPS) is 26.2. The average molecular weight is 238 g/mol. The maximum absolute atomic E-state index is 13.9. The largest absolute Gasteiger partial charge is 0.388 e. The second-order valence-corrected chi connectivity index (χ2v) is 5.06. The first kappa shape index (κ1) is 12.5. The Bertz CT molecular complexity index is 394. The van der Waals surface area contributed by atoms with E-state index in [1.807, 2.05) is 26.8 Å². The summed E-state index contributed by atoms with van der Waals surface area (Å²) in [7, 11) is 0. The molecule has 0 bridgehead atoms. The molecule has 1 N–H and O–H groups in total. The molecule has 3 heteroatoms. The molecule has 0 saturated carbocycles. The van der Waals surface area contributed by atoms with Crippen LogP contribution in [0.15, 0.2) is 12.1 Å². The number of aliphatic hydroxyl groups excluding tert-OH is 1. The van der Waals surface area contributed by atoms with Crippen molar-refractivity contribution in [1.82, 2.24) is 0 Å². The maximum Gasteiger partial charge on any atom is 0.129 e. The van der Waals surface area contributed by atoms with E-state index in [1.165, 1.54) is 6.07 Å². The maximum atomic E-state index is 13.9. The smallest absolute Gasteiger partial charge is 0.129 e. The zero-order valence-electron chi connectivity index (χ0n) is 10.5. The first-order chi connectivity index (χ1) is 7.99. The Labute approximate surface area is 101 Å². The molecule has 0 radical (unpaired) electrons. The van der Waals surface area contributed by atoms with Crippen LogP contribution in [0.5, 0.6) is 0 Å². The molecule has 1 aliphatic rings. The summed E-state index contributed by atoms with van der Waals surface area (Å²) in [5, 5.41) is 10.3. The minimum absolute atomic E-state index is 0.000839. The van der Waals surface area contributed by atoms with Crippen LogP contribution >= 0.6 is 0 Å². The molecule has 1 saturated heterocycles. The molecule has 3 atom stereocenters. The highest BCUT2D eigenvalue weighted by Gasteiger charge is 2.31. The van der Waals surface area contributed by atoms with Crippen LogP contribution in [0.2, 0.25) is 0 Å². The first-order valence-electron chi connectivity index (χ1n) is 6.05. The van der Waals surface area contributed by atoms with Crippen molar-refractivity contribution in [2.75, 3.05) is 6.61 Å². The molecule has 2 rings (SSSR count). The van der Waals surface area contributed by atoms with Crippen molar-refractivity contribution in [2.45, 2.75) is 39.4 Å². The fourth-order valence-corrected chi connectivity index (χ4v) is 2.61. The van der Waals surface area contributed by atoms with Crippen molar-refractivity contribution in [3.63, 3.8) is 0 Å². The van der Waals surface area contributed by atoms with Crippen LogP contribution in [0.3, 0.4) is 0 Å². The zero-order chi connectivity index (χ0) is 12.6. The van der Waals surface area contributed by atoms with Crippen LogP contribution in [-0.2, 0) is 4.74 Å². The summed E-state index contributed by atoms with van der Waals surface area (Å²) in [6.07, 6.45) is 0.178. The molecular formula is C14H19FO2. The number of aliphatic hydroxyl groups is 1. The van der Waals surface area contributed by atoms with Crippen molar-refractivity contribution in [3.05, 3.63) is 34.6 Å². The number of ether oxygens (including phenoxy) is 1. The molecule has 0 aliphatic carbocycles. The van der Waals surface area contributed by atoms with Gasteiger partial charge in [0.15, 0.2) is 0 Å². The van der Waals surface area contributed by atoms with E-state index in [9.17, 15) is 9.50 Å². The highest BCUT2D eigenvalue weighted by molar-refractivity contribution is 5.34. The summed E-state index contributed by atoms with van der Waals surface area (Å²) < 4.78 is 19.3. The molecule has 0 amide bonds. The molecule has 1 heterocycles. The van der Waals surface area contributed by atoms with Crippen LogP contribution in [-0.4, -0.2) is 17.8 Å². The highest BCUT2D eigenvalue weighted by Crippen LogP contribution is 2.34. The van der Waals surface area contributed by atoms with Gasteiger partial charge in [-0.2, -0.15) is 0 Å². The third-order valence-electron chi connectivity index (χ3n) is 3.45. The van der Waals surface area contributed by atoms with Crippen LogP contribution in [0.4, 0.5) is 4.39 Å². The summed E-state index contributed by atoms with van der Waals surface area (Å²) in [6, 6.07) is 3.38. The quantitative estimate of drug-likeness (QED) is 0.858. The van der Waals surface area contributed by atoms with E-state index < -0.39 is 6.10 Å². The second-order valence-electron chi connectivity index (χ2n) is 5.06. The summed E-state index contributed by atoms with van der Waals surface area (Å²) in [4.78, 5) is 0. The van der Waals surface area contributed by atoms with Crippen molar-refractivity contribution in [3.8, 4) is 0 Å². The predicted octanol–water partition coefficient (Wildman–Crippen LogP) is 2.90. The molecule has 1 aromatic carbocycles. The summed E-state index contributed by atoms with van der Waals surface area (Å²) in [5.41, 5.74) is 2.12. The molecule has 1 aromatic rings. The van der Waals surface area contributed by atoms with Gasteiger partial charge in [-0.15, -0.1) is 0 Å². The first-order valence-corrected chi connectivity index (χ1v) is 6.05. The van der Waals surface area contributed by atoms with Gasteiger partial charge in [0.2, 0.25) is 0 Å². The van der Waals surface area contributed by atoms with Crippen LogP contribution in [0, 0.1) is 25.6 Å². The van der Waals surface area contributed by atoms with Crippen LogP contribution in [0.1, 0.15) is 36.1 Å². The van der Waals surface area contributed by atoms with Gasteiger partial charge in [0.05, 0.1) is 18.8 Å². The van der Waals surface area contributed by atoms with E-state index in [0.29, 0.717) is 12.2 Å². The molecule has 1 fully saturated rings. The van der Waals surface area contributed by atoms with E-state index in [4.69, 9.17) is 4.74 Å². The lowest BCUT2D eigenvalue weighted by Crippen LogP contribution is -2.15. The van der Waals surface area contributed by atoms with Gasteiger partial charge in [-0.3, -0.25) is 0 Å². The van der Waals surface area contributed by atoms with Gasteiger partial charge in [0.1, 0.15) is 5.82 Å². The SMILES string of the molecule is Cc1cc(C)c(C(O)C2COC(C)C2)c(F)c1. The Hall–Kier alpha value is -0.930. The van der Waals surface area contributed by atoms with E-state index in [2.05, 4.69) is 0 Å². The molecule has 1 aliphatic heterocycles. The Morgan fingerprint density at radius 1 is 1.41 bits per heavy atom. The molecule has 3 unspecified atom stereocenters. The van der Waals surface area contributed by atoms with Gasteiger partial charge in [0, 0.05) is 11.5 Å². The summed E-state index contributed by atoms with van der Waals surface area (Å²) in [6.45, 7) is 6.18. The average Bonchev–Trinajstić information content (AvgIpc) is 2.63. The Kier molecular flexibility index (Phi) is 3.50. The van der Waals surface area contributed by atoms with Crippen molar-refractivity contribution < 1.29 is 14.2 Å². The van der Waals surface area contributed by atoms with Crippen LogP contribution in [0.25, 0.3) is 0 Å². The number of hydrogen-bond acceptors (Lipinski definition) is 2. The number of benzene rings is 1.